The Morgan fingerprint density at radius 1 is 1.26 bits per heavy atom. The van der Waals surface area contributed by atoms with Gasteiger partial charge in [0.1, 0.15) is 0 Å². The summed E-state index contributed by atoms with van der Waals surface area (Å²) in [7, 11) is 4.13. The lowest BCUT2D eigenvalue weighted by atomic mass is 10.1. The lowest BCUT2D eigenvalue weighted by Gasteiger charge is -2.19. The molecule has 4 heteroatoms. The van der Waals surface area contributed by atoms with Crippen molar-refractivity contribution >= 4 is 38.6 Å². The van der Waals surface area contributed by atoms with Gasteiger partial charge >= 0.3 is 0 Å². The molecular weight excluding hydrogens is 320 g/mol. The Balaban J connectivity index is 2.15. The Kier molecular flexibility index (Phi) is 4.53. The summed E-state index contributed by atoms with van der Waals surface area (Å²) in [6.45, 7) is 4.34. The lowest BCUT2D eigenvalue weighted by molar-refractivity contribution is 0.905. The molecule has 0 bridgehead atoms. The maximum absolute atomic E-state index is 3.58. The van der Waals surface area contributed by atoms with Crippen LogP contribution in [0, 0.1) is 6.92 Å². The van der Waals surface area contributed by atoms with E-state index in [9.17, 15) is 0 Å². The minimum atomic E-state index is 0.320. The maximum atomic E-state index is 3.58. The van der Waals surface area contributed by atoms with E-state index in [0.717, 1.165) is 4.47 Å². The molecule has 1 unspecified atom stereocenters. The zero-order valence-corrected chi connectivity index (χ0v) is 14.1. The normalized spacial score (nSPS) is 12.3. The van der Waals surface area contributed by atoms with E-state index in [0.29, 0.717) is 6.04 Å². The van der Waals surface area contributed by atoms with Crippen molar-refractivity contribution in [2.24, 2.45) is 0 Å². The van der Waals surface area contributed by atoms with Gasteiger partial charge in [-0.05, 0) is 59.6 Å². The molecule has 0 fully saturated rings. The first-order chi connectivity index (χ1) is 8.97. The predicted molar refractivity (Wildman–Crippen MR) is 89.6 cm³/mol. The summed E-state index contributed by atoms with van der Waals surface area (Å²) >= 11 is 5.28. The molecule has 0 saturated carbocycles. The van der Waals surface area contributed by atoms with Crippen LogP contribution in [0.4, 0.5) is 11.4 Å². The van der Waals surface area contributed by atoms with Crippen LogP contribution >= 0.6 is 27.3 Å². The van der Waals surface area contributed by atoms with Crippen LogP contribution in [0.5, 0.6) is 0 Å². The van der Waals surface area contributed by atoms with Gasteiger partial charge in [-0.25, -0.2) is 0 Å². The Bertz CT molecular complexity index is 563. The highest BCUT2D eigenvalue weighted by Crippen LogP contribution is 2.30. The molecule has 1 atom stereocenters. The van der Waals surface area contributed by atoms with Gasteiger partial charge in [0.05, 0.1) is 6.04 Å². The number of nitrogens with zero attached hydrogens (tertiary/aromatic N) is 1. The molecular formula is C15H19BrN2S. The van der Waals surface area contributed by atoms with Gasteiger partial charge < -0.3 is 10.2 Å². The quantitative estimate of drug-likeness (QED) is 0.838. The molecule has 0 spiro atoms. The van der Waals surface area contributed by atoms with Gasteiger partial charge in [-0.2, -0.15) is 0 Å². The SMILES string of the molecule is Cc1cc(N(C)C)ccc1NC(C)c1cc(Br)cs1. The number of benzene rings is 1. The molecule has 1 aromatic heterocycles. The minimum Gasteiger partial charge on any atom is -0.378 e. The summed E-state index contributed by atoms with van der Waals surface area (Å²) in [5.74, 6) is 0. The van der Waals surface area contributed by atoms with E-state index >= 15 is 0 Å². The fourth-order valence-electron chi connectivity index (χ4n) is 1.95. The lowest BCUT2D eigenvalue weighted by Crippen LogP contribution is -2.10. The summed E-state index contributed by atoms with van der Waals surface area (Å²) < 4.78 is 1.15. The number of nitrogens with one attached hydrogen (secondary N) is 1. The van der Waals surface area contributed by atoms with Gasteiger partial charge in [0, 0.05) is 40.2 Å². The van der Waals surface area contributed by atoms with E-state index < -0.39 is 0 Å². The maximum Gasteiger partial charge on any atom is 0.0578 e. The molecule has 2 rings (SSSR count). The van der Waals surface area contributed by atoms with Gasteiger partial charge in [-0.3, -0.25) is 0 Å². The molecule has 0 amide bonds. The number of hydrogen-bond donors (Lipinski definition) is 1. The van der Waals surface area contributed by atoms with Crippen molar-refractivity contribution in [2.75, 3.05) is 24.3 Å². The number of hydrogen-bond acceptors (Lipinski definition) is 3. The number of halogens is 1. The van der Waals surface area contributed by atoms with Crippen molar-refractivity contribution in [1.82, 2.24) is 0 Å². The van der Waals surface area contributed by atoms with E-state index in [2.05, 4.69) is 83.7 Å². The van der Waals surface area contributed by atoms with Crippen molar-refractivity contribution in [3.63, 3.8) is 0 Å². The van der Waals surface area contributed by atoms with Crippen molar-refractivity contribution in [2.45, 2.75) is 19.9 Å². The van der Waals surface area contributed by atoms with E-state index in [4.69, 9.17) is 0 Å². The second-order valence-corrected chi connectivity index (χ2v) is 6.79. The van der Waals surface area contributed by atoms with E-state index in [1.807, 2.05) is 0 Å². The second kappa shape index (κ2) is 5.97. The topological polar surface area (TPSA) is 15.3 Å². The van der Waals surface area contributed by atoms with E-state index in [1.54, 1.807) is 11.3 Å². The van der Waals surface area contributed by atoms with Crippen LogP contribution in [0.2, 0.25) is 0 Å². The number of thiophene rings is 1. The van der Waals surface area contributed by atoms with Gasteiger partial charge in [0.2, 0.25) is 0 Å². The van der Waals surface area contributed by atoms with Crippen LogP contribution in [0.3, 0.4) is 0 Å². The summed E-state index contributed by atoms with van der Waals surface area (Å²) in [4.78, 5) is 3.46. The molecule has 1 heterocycles. The zero-order chi connectivity index (χ0) is 14.0. The molecule has 2 aromatic rings. The number of anilines is 2. The highest BCUT2D eigenvalue weighted by atomic mass is 79.9. The third-order valence-electron chi connectivity index (χ3n) is 3.11. The first kappa shape index (κ1) is 14.4. The minimum absolute atomic E-state index is 0.320. The fraction of sp³-hybridized carbons (Fsp3) is 0.333. The van der Waals surface area contributed by atoms with Crippen LogP contribution in [-0.4, -0.2) is 14.1 Å². The zero-order valence-electron chi connectivity index (χ0n) is 11.7. The monoisotopic (exact) mass is 338 g/mol. The van der Waals surface area contributed by atoms with Gasteiger partial charge in [-0.1, -0.05) is 0 Å². The highest BCUT2D eigenvalue weighted by Gasteiger charge is 2.09. The third-order valence-corrected chi connectivity index (χ3v) is 4.99. The highest BCUT2D eigenvalue weighted by molar-refractivity contribution is 9.10. The Labute approximate surface area is 127 Å². The fourth-order valence-corrected chi connectivity index (χ4v) is 3.40. The predicted octanol–water partition coefficient (Wildman–Crippen LogP) is 5.06. The van der Waals surface area contributed by atoms with Gasteiger partial charge in [-0.15, -0.1) is 11.3 Å². The molecule has 19 heavy (non-hydrogen) atoms. The van der Waals surface area contributed by atoms with Crippen molar-refractivity contribution < 1.29 is 0 Å². The van der Waals surface area contributed by atoms with E-state index in [1.165, 1.54) is 21.8 Å². The first-order valence-corrected chi connectivity index (χ1v) is 7.93. The summed E-state index contributed by atoms with van der Waals surface area (Å²) in [6.07, 6.45) is 0. The van der Waals surface area contributed by atoms with Gasteiger partial charge in [0.25, 0.3) is 0 Å². The summed E-state index contributed by atoms with van der Waals surface area (Å²) in [6, 6.07) is 9.00. The molecule has 0 aliphatic rings. The molecule has 102 valence electrons. The van der Waals surface area contributed by atoms with Crippen LogP contribution in [0.15, 0.2) is 34.1 Å². The van der Waals surface area contributed by atoms with Crippen LogP contribution in [0.1, 0.15) is 23.4 Å². The average Bonchev–Trinajstić information content (AvgIpc) is 2.78. The molecule has 0 radical (unpaired) electrons. The summed E-state index contributed by atoms with van der Waals surface area (Å²) in [5.41, 5.74) is 3.70. The first-order valence-electron chi connectivity index (χ1n) is 6.26. The van der Waals surface area contributed by atoms with Crippen LogP contribution in [-0.2, 0) is 0 Å². The Hall–Kier alpha value is -1.000. The van der Waals surface area contributed by atoms with Crippen LogP contribution in [0.25, 0.3) is 0 Å². The average molecular weight is 339 g/mol. The molecule has 1 N–H and O–H groups in total. The molecule has 2 nitrogen and oxygen atoms in total. The Morgan fingerprint density at radius 3 is 2.53 bits per heavy atom. The number of rotatable bonds is 4. The molecule has 1 aromatic carbocycles. The van der Waals surface area contributed by atoms with Crippen LogP contribution < -0.4 is 10.2 Å². The Morgan fingerprint density at radius 2 is 2.00 bits per heavy atom. The molecule has 0 aliphatic heterocycles. The standard InChI is InChI=1S/C15H19BrN2S/c1-10-7-13(18(3)4)5-6-14(10)17-11(2)15-8-12(16)9-19-15/h5-9,11,17H,1-4H3. The van der Waals surface area contributed by atoms with Crippen molar-refractivity contribution in [3.8, 4) is 0 Å². The largest absolute Gasteiger partial charge is 0.378 e. The number of aryl methyl sites for hydroxylation is 1. The molecule has 0 aliphatic carbocycles. The second-order valence-electron chi connectivity index (χ2n) is 4.93. The summed E-state index contributed by atoms with van der Waals surface area (Å²) in [5, 5.41) is 5.70. The van der Waals surface area contributed by atoms with Gasteiger partial charge in [0.15, 0.2) is 0 Å². The van der Waals surface area contributed by atoms with Crippen molar-refractivity contribution in [3.05, 3.63) is 44.6 Å². The smallest absolute Gasteiger partial charge is 0.0578 e. The van der Waals surface area contributed by atoms with Crippen molar-refractivity contribution in [1.29, 1.82) is 0 Å². The molecule has 0 saturated heterocycles. The van der Waals surface area contributed by atoms with E-state index in [-0.39, 0.29) is 0 Å². The third kappa shape index (κ3) is 3.51.